The Morgan fingerprint density at radius 3 is 2.41 bits per heavy atom. The Morgan fingerprint density at radius 2 is 1.74 bits per heavy atom. The fraction of sp³-hybridized carbons (Fsp3) is 0.238. The number of nitrogens with one attached hydrogen (secondary N) is 2. The van der Waals surface area contributed by atoms with Gasteiger partial charge in [-0.3, -0.25) is 20.4 Å². The second kappa shape index (κ2) is 9.43. The third-order valence-electron chi connectivity index (χ3n) is 4.08. The van der Waals surface area contributed by atoms with E-state index >= 15 is 0 Å². The molecule has 0 bridgehead atoms. The summed E-state index contributed by atoms with van der Waals surface area (Å²) in [5.41, 5.74) is 7.59. The third kappa shape index (κ3) is 5.88. The molecule has 0 aliphatic heterocycles. The van der Waals surface area contributed by atoms with Gasteiger partial charge < -0.3 is 9.47 Å². The number of benzene rings is 2. The molecule has 2 aromatic carbocycles. The van der Waals surface area contributed by atoms with Gasteiger partial charge in [-0.05, 0) is 61.7 Å². The van der Waals surface area contributed by atoms with Crippen molar-refractivity contribution in [1.29, 1.82) is 0 Å². The quantitative estimate of drug-likeness (QED) is 0.607. The number of hydrazine groups is 1. The molecule has 2 rings (SSSR count). The van der Waals surface area contributed by atoms with Crippen molar-refractivity contribution in [3.63, 3.8) is 0 Å². The molecule has 2 aromatic rings. The van der Waals surface area contributed by atoms with E-state index in [1.54, 1.807) is 32.2 Å². The van der Waals surface area contributed by atoms with E-state index in [9.17, 15) is 9.59 Å². The molecule has 2 N–H and O–H groups in total. The average Bonchev–Trinajstić information content (AvgIpc) is 2.68. The number of rotatable bonds is 6. The first-order valence-electron chi connectivity index (χ1n) is 8.55. The van der Waals surface area contributed by atoms with Crippen LogP contribution in [-0.4, -0.2) is 25.0 Å². The minimum Gasteiger partial charge on any atom is -0.497 e. The summed E-state index contributed by atoms with van der Waals surface area (Å²) >= 11 is 0. The lowest BCUT2D eigenvalue weighted by Crippen LogP contribution is -2.46. The van der Waals surface area contributed by atoms with Crippen molar-refractivity contribution in [3.8, 4) is 11.5 Å². The number of hydrogen-bond donors (Lipinski definition) is 2. The highest BCUT2D eigenvalue weighted by molar-refractivity contribution is 5.93. The molecule has 0 radical (unpaired) electrons. The van der Waals surface area contributed by atoms with Crippen LogP contribution in [0.3, 0.4) is 0 Å². The Morgan fingerprint density at radius 1 is 1.04 bits per heavy atom. The number of amides is 2. The largest absolute Gasteiger partial charge is 0.497 e. The molecule has 142 valence electrons. The van der Waals surface area contributed by atoms with Gasteiger partial charge >= 0.3 is 0 Å². The first-order chi connectivity index (χ1) is 12.9. The minimum atomic E-state index is -0.753. The maximum Gasteiger partial charge on any atom is 0.279 e. The summed E-state index contributed by atoms with van der Waals surface area (Å²) in [6, 6.07) is 12.9. The van der Waals surface area contributed by atoms with Crippen LogP contribution in [0.5, 0.6) is 11.5 Å². The van der Waals surface area contributed by atoms with Crippen molar-refractivity contribution in [1.82, 2.24) is 10.9 Å². The lowest BCUT2D eigenvalue weighted by molar-refractivity contribution is -0.131. The van der Waals surface area contributed by atoms with Crippen molar-refractivity contribution < 1.29 is 19.1 Å². The summed E-state index contributed by atoms with van der Waals surface area (Å²) in [7, 11) is 1.59. The Bertz CT molecular complexity index is 829. The smallest absolute Gasteiger partial charge is 0.279 e. The van der Waals surface area contributed by atoms with Crippen molar-refractivity contribution >= 4 is 17.9 Å². The van der Waals surface area contributed by atoms with E-state index in [0.29, 0.717) is 5.75 Å². The van der Waals surface area contributed by atoms with Gasteiger partial charge in [0.15, 0.2) is 6.10 Å². The number of aryl methyl sites for hydroxylation is 1. The van der Waals surface area contributed by atoms with E-state index in [2.05, 4.69) is 10.9 Å². The fourth-order valence-corrected chi connectivity index (χ4v) is 2.25. The number of carbonyl (C=O) groups is 2. The van der Waals surface area contributed by atoms with Crippen LogP contribution in [0, 0.1) is 13.8 Å². The Balaban J connectivity index is 1.83. The van der Waals surface area contributed by atoms with Gasteiger partial charge in [0.1, 0.15) is 11.5 Å². The molecule has 0 heterocycles. The minimum absolute atomic E-state index is 0.442. The maximum absolute atomic E-state index is 12.1. The highest BCUT2D eigenvalue weighted by Crippen LogP contribution is 2.21. The molecule has 6 nitrogen and oxygen atoms in total. The zero-order valence-corrected chi connectivity index (χ0v) is 15.9. The van der Waals surface area contributed by atoms with Crippen LogP contribution in [0.25, 0.3) is 6.08 Å². The average molecular weight is 368 g/mol. The van der Waals surface area contributed by atoms with Crippen LogP contribution >= 0.6 is 0 Å². The molecule has 0 unspecified atom stereocenters. The predicted molar refractivity (Wildman–Crippen MR) is 104 cm³/mol. The molecule has 0 spiro atoms. The SMILES string of the molecule is COc1ccc(/C=C/C(=O)NNC(=O)[C@@H](C)Oc2cccc(C)c2C)cc1. The van der Waals surface area contributed by atoms with Crippen LogP contribution < -0.4 is 20.3 Å². The second-order valence-electron chi connectivity index (χ2n) is 6.04. The Kier molecular flexibility index (Phi) is 7.00. The van der Waals surface area contributed by atoms with Crippen molar-refractivity contribution in [2.24, 2.45) is 0 Å². The fourth-order valence-electron chi connectivity index (χ4n) is 2.25. The van der Waals surface area contributed by atoms with Gasteiger partial charge in [-0.2, -0.15) is 0 Å². The van der Waals surface area contributed by atoms with Gasteiger partial charge in [0.05, 0.1) is 7.11 Å². The maximum atomic E-state index is 12.1. The van der Waals surface area contributed by atoms with Crippen LogP contribution in [0.15, 0.2) is 48.5 Å². The van der Waals surface area contributed by atoms with Gasteiger partial charge in [-0.1, -0.05) is 24.3 Å². The zero-order chi connectivity index (χ0) is 19.8. The molecule has 0 aromatic heterocycles. The molecule has 0 fully saturated rings. The summed E-state index contributed by atoms with van der Waals surface area (Å²) < 4.78 is 10.8. The molecule has 0 saturated carbocycles. The van der Waals surface area contributed by atoms with E-state index < -0.39 is 17.9 Å². The first-order valence-corrected chi connectivity index (χ1v) is 8.55. The number of carbonyl (C=O) groups excluding carboxylic acids is 2. The molecule has 27 heavy (non-hydrogen) atoms. The first kappa shape index (κ1) is 20.0. The van der Waals surface area contributed by atoms with E-state index in [4.69, 9.17) is 9.47 Å². The molecule has 6 heteroatoms. The number of hydrogen-bond acceptors (Lipinski definition) is 4. The lowest BCUT2D eigenvalue weighted by atomic mass is 10.1. The summed E-state index contributed by atoms with van der Waals surface area (Å²) in [6.45, 7) is 5.53. The highest BCUT2D eigenvalue weighted by atomic mass is 16.5. The molecule has 2 amide bonds. The second-order valence-corrected chi connectivity index (χ2v) is 6.04. The van der Waals surface area contributed by atoms with Gasteiger partial charge in [-0.15, -0.1) is 0 Å². The van der Waals surface area contributed by atoms with Crippen molar-refractivity contribution in [3.05, 3.63) is 65.2 Å². The van der Waals surface area contributed by atoms with Gasteiger partial charge in [0.2, 0.25) is 0 Å². The lowest BCUT2D eigenvalue weighted by Gasteiger charge is -2.17. The highest BCUT2D eigenvalue weighted by Gasteiger charge is 2.16. The van der Waals surface area contributed by atoms with Gasteiger partial charge in [-0.25, -0.2) is 0 Å². The zero-order valence-electron chi connectivity index (χ0n) is 15.9. The third-order valence-corrected chi connectivity index (χ3v) is 4.08. The summed E-state index contributed by atoms with van der Waals surface area (Å²) in [5, 5.41) is 0. The number of methoxy groups -OCH3 is 1. The van der Waals surface area contributed by atoms with Crippen LogP contribution in [0.4, 0.5) is 0 Å². The van der Waals surface area contributed by atoms with E-state index in [1.807, 2.05) is 44.2 Å². The molecular weight excluding hydrogens is 344 g/mol. The van der Waals surface area contributed by atoms with Crippen LogP contribution in [-0.2, 0) is 9.59 Å². The van der Waals surface area contributed by atoms with Crippen LogP contribution in [0.1, 0.15) is 23.6 Å². The van der Waals surface area contributed by atoms with Crippen molar-refractivity contribution in [2.75, 3.05) is 7.11 Å². The standard InChI is InChI=1S/C21H24N2O4/c1-14-6-5-7-19(15(14)2)27-16(3)21(25)23-22-20(24)13-10-17-8-11-18(26-4)12-9-17/h5-13,16H,1-4H3,(H,22,24)(H,23,25)/b13-10+/t16-/m1/s1. The molecule has 0 aliphatic rings. The Labute approximate surface area is 159 Å². The molecule has 0 saturated heterocycles. The normalized spacial score (nSPS) is 11.7. The summed E-state index contributed by atoms with van der Waals surface area (Å²) in [5.74, 6) is 0.491. The van der Waals surface area contributed by atoms with Crippen molar-refractivity contribution in [2.45, 2.75) is 26.9 Å². The summed E-state index contributed by atoms with van der Waals surface area (Å²) in [6.07, 6.45) is 2.21. The van der Waals surface area contributed by atoms with Crippen LogP contribution in [0.2, 0.25) is 0 Å². The van der Waals surface area contributed by atoms with Gasteiger partial charge in [0, 0.05) is 6.08 Å². The predicted octanol–water partition coefficient (Wildman–Crippen LogP) is 2.94. The van der Waals surface area contributed by atoms with E-state index in [0.717, 1.165) is 22.4 Å². The molecule has 0 aliphatic carbocycles. The summed E-state index contributed by atoms with van der Waals surface area (Å²) in [4.78, 5) is 23.9. The molecular formula is C21H24N2O4. The van der Waals surface area contributed by atoms with Gasteiger partial charge in [0.25, 0.3) is 11.8 Å². The van der Waals surface area contributed by atoms with E-state index in [1.165, 1.54) is 6.08 Å². The topological polar surface area (TPSA) is 76.7 Å². The number of ether oxygens (including phenoxy) is 2. The monoisotopic (exact) mass is 368 g/mol. The van der Waals surface area contributed by atoms with E-state index in [-0.39, 0.29) is 0 Å². The Hall–Kier alpha value is -3.28. The molecule has 1 atom stereocenters.